The molecule has 2 aromatic carbocycles. The molecule has 37 heavy (non-hydrogen) atoms. The third kappa shape index (κ3) is 6.18. The van der Waals surface area contributed by atoms with Gasteiger partial charge >= 0.3 is 0 Å². The second-order valence-electron chi connectivity index (χ2n) is 12.3. The fraction of sp³-hybridized carbons (Fsp3) is 0.485. The Morgan fingerprint density at radius 3 is 1.38 bits per heavy atom. The van der Waals surface area contributed by atoms with Crippen molar-refractivity contribution in [3.05, 3.63) is 76.0 Å². The number of ether oxygens (including phenoxy) is 2. The number of methoxy groups -OCH3 is 2. The highest BCUT2D eigenvalue weighted by molar-refractivity contribution is 7.77. The van der Waals surface area contributed by atoms with Gasteiger partial charge in [-0.05, 0) is 114 Å². The van der Waals surface area contributed by atoms with Crippen LogP contribution in [0.4, 0.5) is 0 Å². The number of hydrogen-bond donors (Lipinski definition) is 0. The van der Waals surface area contributed by atoms with Crippen LogP contribution in [-0.4, -0.2) is 30.2 Å². The topological polar surface area (TPSA) is 18.5 Å². The normalized spacial score (nSPS) is 15.5. The molecular weight excluding hydrogens is 490 g/mol. The van der Waals surface area contributed by atoms with Gasteiger partial charge in [-0.2, -0.15) is 0 Å². The summed E-state index contributed by atoms with van der Waals surface area (Å²) in [6, 6.07) is 9.41. The third-order valence-electron chi connectivity index (χ3n) is 7.16. The summed E-state index contributed by atoms with van der Waals surface area (Å²) in [5.41, 5.74) is 5.27. The van der Waals surface area contributed by atoms with Crippen molar-refractivity contribution in [2.24, 2.45) is 0 Å². The maximum atomic E-state index is 5.74. The molecule has 1 radical (unpaired) electrons. The Bertz CT molecular complexity index is 1070. The van der Waals surface area contributed by atoms with Crippen molar-refractivity contribution in [3.8, 4) is 11.5 Å². The van der Waals surface area contributed by atoms with Gasteiger partial charge in [0, 0.05) is 5.92 Å². The van der Waals surface area contributed by atoms with Gasteiger partial charge in [0.1, 0.15) is 11.5 Å². The van der Waals surface area contributed by atoms with Gasteiger partial charge in [-0.25, -0.2) is 0 Å². The Labute approximate surface area is 229 Å². The van der Waals surface area contributed by atoms with Gasteiger partial charge in [-0.15, -0.1) is 0 Å². The number of benzene rings is 2. The molecule has 0 unspecified atom stereocenters. The van der Waals surface area contributed by atoms with E-state index in [0.717, 1.165) is 11.5 Å². The Balaban J connectivity index is 2.23. The van der Waals surface area contributed by atoms with Crippen molar-refractivity contribution in [2.75, 3.05) is 14.2 Å². The van der Waals surface area contributed by atoms with E-state index < -0.39 is 7.92 Å². The Morgan fingerprint density at radius 1 is 0.676 bits per heavy atom. The second-order valence-corrected chi connectivity index (χ2v) is 18.7. The van der Waals surface area contributed by atoms with Crippen LogP contribution in [0.15, 0.2) is 47.8 Å². The van der Waals surface area contributed by atoms with Crippen molar-refractivity contribution >= 4 is 26.5 Å². The minimum atomic E-state index is -0.759. The lowest BCUT2D eigenvalue weighted by Crippen LogP contribution is -2.33. The number of aryl methyl sites for hydroxylation is 4. The van der Waals surface area contributed by atoms with Crippen LogP contribution in [0.25, 0.3) is 0 Å². The number of allylic oxidation sites excluding steroid dienone is 4. The molecule has 2 aromatic rings. The molecule has 0 bridgehead atoms. The first-order valence-electron chi connectivity index (χ1n) is 13.3. The summed E-state index contributed by atoms with van der Waals surface area (Å²) in [6.07, 6.45) is 7.07. The zero-order chi connectivity index (χ0) is 27.9. The molecule has 0 aliphatic heterocycles. The molecule has 1 aliphatic carbocycles. The third-order valence-corrected chi connectivity index (χ3v) is 13.5. The van der Waals surface area contributed by atoms with Gasteiger partial charge in [0.15, 0.2) is 0 Å². The smallest absolute Gasteiger partial charge is 0.124 e. The summed E-state index contributed by atoms with van der Waals surface area (Å²) in [7, 11) is 2.48. The molecule has 0 amide bonds. The molecule has 0 spiro atoms. The van der Waals surface area contributed by atoms with E-state index in [-0.39, 0.29) is 18.2 Å². The zero-order valence-corrected chi connectivity index (χ0v) is 27.1. The first-order chi connectivity index (χ1) is 17.1. The molecule has 3 rings (SSSR count). The lowest BCUT2D eigenvalue weighted by Gasteiger charge is -2.47. The van der Waals surface area contributed by atoms with Gasteiger partial charge in [-0.1, -0.05) is 74.6 Å². The van der Waals surface area contributed by atoms with E-state index in [1.165, 1.54) is 44.1 Å². The van der Waals surface area contributed by atoms with Crippen LogP contribution in [0.1, 0.15) is 70.7 Å². The van der Waals surface area contributed by atoms with E-state index >= 15 is 0 Å². The summed E-state index contributed by atoms with van der Waals surface area (Å²) < 4.78 is 11.5. The quantitative estimate of drug-likeness (QED) is 0.329. The van der Waals surface area contributed by atoms with E-state index in [4.69, 9.17) is 9.47 Å². The fourth-order valence-corrected chi connectivity index (χ4v) is 14.3. The number of rotatable bonds is 7. The molecule has 0 saturated heterocycles. The van der Waals surface area contributed by atoms with Crippen LogP contribution >= 0.6 is 15.8 Å². The molecule has 4 heteroatoms. The van der Waals surface area contributed by atoms with Gasteiger partial charge in [0.25, 0.3) is 0 Å². The SMILES string of the molecule is COc1c(C)cc(P(C2=CC=C[C]2[C@@H](C)P(C(C)(C)C)C(C)(C)C)c2cc(C)c(OC)c(C)c2)cc1C. The molecule has 0 aromatic heterocycles. The van der Waals surface area contributed by atoms with E-state index in [2.05, 4.69) is 119 Å². The minimum Gasteiger partial charge on any atom is -0.496 e. The molecule has 201 valence electrons. The summed E-state index contributed by atoms with van der Waals surface area (Å²) in [5, 5.41) is 4.75. The van der Waals surface area contributed by atoms with Crippen LogP contribution < -0.4 is 20.1 Å². The van der Waals surface area contributed by atoms with Crippen molar-refractivity contribution in [3.63, 3.8) is 0 Å². The van der Waals surface area contributed by atoms with E-state index in [9.17, 15) is 0 Å². The standard InChI is InChI=1S/C33H47O2P2/c1-21-17-26(18-22(2)30(21)34-12)36(27-19-23(3)31(35-13)24(4)20-27)29-16-14-15-28(29)25(5)37(32(6,7)8)33(9,10)11/h14-20,25H,1-13H3/t25-/m1/s1. The Morgan fingerprint density at radius 2 is 1.05 bits per heavy atom. The lowest BCUT2D eigenvalue weighted by molar-refractivity contribution is 0.408. The summed E-state index contributed by atoms with van der Waals surface area (Å²) in [5.74, 6) is 3.49. The van der Waals surface area contributed by atoms with Gasteiger partial charge < -0.3 is 9.47 Å². The number of hydrogen-bond acceptors (Lipinski definition) is 2. The van der Waals surface area contributed by atoms with Crippen molar-refractivity contribution in [1.82, 2.24) is 0 Å². The van der Waals surface area contributed by atoms with Crippen molar-refractivity contribution in [2.45, 2.75) is 92.1 Å². The minimum absolute atomic E-state index is 0.255. The molecule has 0 N–H and O–H groups in total. The fourth-order valence-electron chi connectivity index (χ4n) is 6.47. The highest BCUT2D eigenvalue weighted by Gasteiger charge is 2.43. The molecule has 2 nitrogen and oxygen atoms in total. The second kappa shape index (κ2) is 11.2. The molecular formula is C33H47O2P2. The van der Waals surface area contributed by atoms with Gasteiger partial charge in [-0.3, -0.25) is 0 Å². The maximum Gasteiger partial charge on any atom is 0.124 e. The van der Waals surface area contributed by atoms with Crippen LogP contribution in [0.2, 0.25) is 0 Å². The van der Waals surface area contributed by atoms with Crippen LogP contribution in [0, 0.1) is 33.6 Å². The van der Waals surface area contributed by atoms with Crippen molar-refractivity contribution in [1.29, 1.82) is 0 Å². The van der Waals surface area contributed by atoms with Gasteiger partial charge in [0.05, 0.1) is 14.2 Å². The highest BCUT2D eigenvalue weighted by Crippen LogP contribution is 2.67. The maximum absolute atomic E-state index is 5.74. The van der Waals surface area contributed by atoms with E-state index in [1.807, 2.05) is 0 Å². The van der Waals surface area contributed by atoms with E-state index in [0.29, 0.717) is 5.66 Å². The molecule has 1 atom stereocenters. The molecule has 0 heterocycles. The predicted molar refractivity (Wildman–Crippen MR) is 167 cm³/mol. The summed E-state index contributed by atoms with van der Waals surface area (Å²) >= 11 is 0. The van der Waals surface area contributed by atoms with Crippen LogP contribution in [-0.2, 0) is 0 Å². The molecule has 0 fully saturated rings. The van der Waals surface area contributed by atoms with E-state index in [1.54, 1.807) is 14.2 Å². The van der Waals surface area contributed by atoms with Gasteiger partial charge in [0.2, 0.25) is 0 Å². The predicted octanol–water partition coefficient (Wildman–Crippen LogP) is 8.87. The van der Waals surface area contributed by atoms with Crippen LogP contribution in [0.3, 0.4) is 0 Å². The average Bonchev–Trinajstić information content (AvgIpc) is 3.21. The summed E-state index contributed by atoms with van der Waals surface area (Å²) in [6.45, 7) is 25.7. The Kier molecular flexibility index (Phi) is 9.09. The molecule has 0 saturated carbocycles. The summed E-state index contributed by atoms with van der Waals surface area (Å²) in [4.78, 5) is 0. The largest absolute Gasteiger partial charge is 0.496 e. The highest BCUT2D eigenvalue weighted by atomic mass is 31.1. The average molecular weight is 538 g/mol. The monoisotopic (exact) mass is 537 g/mol. The first-order valence-corrected chi connectivity index (χ1v) is 16.0. The molecule has 1 aliphatic rings. The van der Waals surface area contributed by atoms with Crippen molar-refractivity contribution < 1.29 is 9.47 Å². The lowest BCUT2D eigenvalue weighted by atomic mass is 10.1. The first kappa shape index (κ1) is 29.9. The zero-order valence-electron chi connectivity index (χ0n) is 25.3. The van der Waals surface area contributed by atoms with Crippen LogP contribution in [0.5, 0.6) is 11.5 Å². The Hall–Kier alpha value is -1.62.